The largest absolute Gasteiger partial charge is 0.324 e. The molecule has 0 aliphatic carbocycles. The number of hydrogen-bond donors (Lipinski definition) is 1. The first-order valence-corrected chi connectivity index (χ1v) is 6.37. The van der Waals surface area contributed by atoms with Gasteiger partial charge in [0.25, 0.3) is 0 Å². The fourth-order valence-corrected chi connectivity index (χ4v) is 2.25. The van der Waals surface area contributed by atoms with Crippen LogP contribution in [0, 0.1) is 11.6 Å². The molecule has 2 aromatic carbocycles. The molecule has 0 aromatic heterocycles. The minimum Gasteiger partial charge on any atom is -0.324 e. The predicted octanol–water partition coefficient (Wildman–Crippen LogP) is 4.51. The maximum Gasteiger partial charge on any atom is 0.126 e. The van der Waals surface area contributed by atoms with E-state index in [0.29, 0.717) is 22.0 Å². The first kappa shape index (κ1) is 14.3. The standard InChI is InChI=1S/C14H11Cl2F2N/c15-12-3-1-2-8(14(12)16)6-13(19)9-4-10(17)7-11(18)5-9/h1-5,7,13H,6,19H2. The second-order valence-corrected chi connectivity index (χ2v) is 5.01. The fourth-order valence-electron chi connectivity index (χ4n) is 1.85. The summed E-state index contributed by atoms with van der Waals surface area (Å²) in [6, 6.07) is 7.88. The minimum atomic E-state index is -0.650. The summed E-state index contributed by atoms with van der Waals surface area (Å²) in [6.07, 6.45) is 0.349. The van der Waals surface area contributed by atoms with E-state index < -0.39 is 17.7 Å². The Bertz CT molecular complexity index is 582. The third-order valence-corrected chi connectivity index (χ3v) is 3.64. The molecule has 0 fully saturated rings. The average molecular weight is 302 g/mol. The molecule has 19 heavy (non-hydrogen) atoms. The lowest BCUT2D eigenvalue weighted by Crippen LogP contribution is -2.14. The van der Waals surface area contributed by atoms with Crippen molar-refractivity contribution in [3.8, 4) is 0 Å². The fraction of sp³-hybridized carbons (Fsp3) is 0.143. The van der Waals surface area contributed by atoms with Crippen LogP contribution < -0.4 is 5.73 Å². The van der Waals surface area contributed by atoms with Crippen LogP contribution in [0.3, 0.4) is 0 Å². The molecule has 0 heterocycles. The van der Waals surface area contributed by atoms with Gasteiger partial charge in [-0.15, -0.1) is 0 Å². The second-order valence-electron chi connectivity index (χ2n) is 4.23. The molecule has 5 heteroatoms. The highest BCUT2D eigenvalue weighted by Gasteiger charge is 2.13. The summed E-state index contributed by atoms with van der Waals surface area (Å²) in [5.41, 5.74) is 7.07. The maximum atomic E-state index is 13.1. The van der Waals surface area contributed by atoms with Crippen molar-refractivity contribution < 1.29 is 8.78 Å². The number of nitrogens with two attached hydrogens (primary N) is 1. The van der Waals surface area contributed by atoms with Gasteiger partial charge in [0.2, 0.25) is 0 Å². The summed E-state index contributed by atoms with van der Waals surface area (Å²) in [5, 5.41) is 0.841. The van der Waals surface area contributed by atoms with Crippen LogP contribution in [-0.4, -0.2) is 0 Å². The van der Waals surface area contributed by atoms with Crippen LogP contribution >= 0.6 is 23.2 Å². The molecule has 0 radical (unpaired) electrons. The van der Waals surface area contributed by atoms with E-state index in [2.05, 4.69) is 0 Å². The van der Waals surface area contributed by atoms with E-state index in [9.17, 15) is 8.78 Å². The molecule has 0 aliphatic rings. The Labute approximate surface area is 119 Å². The third kappa shape index (κ3) is 3.44. The van der Waals surface area contributed by atoms with Crippen molar-refractivity contribution >= 4 is 23.2 Å². The van der Waals surface area contributed by atoms with Crippen LogP contribution in [0.2, 0.25) is 10.0 Å². The molecule has 1 atom stereocenters. The Morgan fingerprint density at radius 1 is 1.05 bits per heavy atom. The Morgan fingerprint density at radius 3 is 2.32 bits per heavy atom. The Balaban J connectivity index is 2.25. The summed E-state index contributed by atoms with van der Waals surface area (Å²) in [6.45, 7) is 0. The highest BCUT2D eigenvalue weighted by molar-refractivity contribution is 6.42. The minimum absolute atomic E-state index is 0.349. The molecule has 0 bridgehead atoms. The number of benzene rings is 2. The molecule has 0 saturated heterocycles. The van der Waals surface area contributed by atoms with Gasteiger partial charge in [0, 0.05) is 12.1 Å². The molecule has 2 rings (SSSR count). The van der Waals surface area contributed by atoms with Crippen LogP contribution in [0.5, 0.6) is 0 Å². The molecule has 100 valence electrons. The smallest absolute Gasteiger partial charge is 0.126 e. The lowest BCUT2D eigenvalue weighted by molar-refractivity contribution is 0.572. The molecule has 0 spiro atoms. The van der Waals surface area contributed by atoms with Gasteiger partial charge >= 0.3 is 0 Å². The number of rotatable bonds is 3. The van der Waals surface area contributed by atoms with E-state index in [1.807, 2.05) is 0 Å². The molecule has 1 unspecified atom stereocenters. The van der Waals surface area contributed by atoms with Gasteiger partial charge in [-0.2, -0.15) is 0 Å². The summed E-state index contributed by atoms with van der Waals surface area (Å²) in [7, 11) is 0. The monoisotopic (exact) mass is 301 g/mol. The zero-order valence-electron chi connectivity index (χ0n) is 9.84. The quantitative estimate of drug-likeness (QED) is 0.886. The zero-order chi connectivity index (χ0) is 14.0. The SMILES string of the molecule is NC(Cc1cccc(Cl)c1Cl)c1cc(F)cc(F)c1. The topological polar surface area (TPSA) is 26.0 Å². The van der Waals surface area contributed by atoms with E-state index >= 15 is 0 Å². The molecular weight excluding hydrogens is 291 g/mol. The maximum absolute atomic E-state index is 13.1. The Morgan fingerprint density at radius 2 is 1.68 bits per heavy atom. The van der Waals surface area contributed by atoms with E-state index in [0.717, 1.165) is 11.6 Å². The van der Waals surface area contributed by atoms with Crippen molar-refractivity contribution in [3.05, 3.63) is 69.2 Å². The van der Waals surface area contributed by atoms with Gasteiger partial charge in [0.15, 0.2) is 0 Å². The van der Waals surface area contributed by atoms with E-state index in [4.69, 9.17) is 28.9 Å². The second kappa shape index (κ2) is 5.87. The molecular formula is C14H11Cl2F2N. The number of hydrogen-bond acceptors (Lipinski definition) is 1. The Hall–Kier alpha value is -1.16. The first-order valence-electron chi connectivity index (χ1n) is 5.62. The highest BCUT2D eigenvalue weighted by atomic mass is 35.5. The van der Waals surface area contributed by atoms with Crippen molar-refractivity contribution in [1.82, 2.24) is 0 Å². The van der Waals surface area contributed by atoms with Crippen molar-refractivity contribution in [2.75, 3.05) is 0 Å². The summed E-state index contributed by atoms with van der Waals surface area (Å²) in [4.78, 5) is 0. The van der Waals surface area contributed by atoms with Crippen molar-refractivity contribution in [1.29, 1.82) is 0 Å². The van der Waals surface area contributed by atoms with Crippen LogP contribution in [0.4, 0.5) is 8.78 Å². The van der Waals surface area contributed by atoms with E-state index in [-0.39, 0.29) is 0 Å². The van der Waals surface area contributed by atoms with Crippen molar-refractivity contribution in [3.63, 3.8) is 0 Å². The third-order valence-electron chi connectivity index (χ3n) is 2.78. The van der Waals surface area contributed by atoms with Crippen molar-refractivity contribution in [2.24, 2.45) is 5.73 Å². The normalized spacial score (nSPS) is 12.5. The molecule has 2 N–H and O–H groups in total. The van der Waals surface area contributed by atoms with Gasteiger partial charge in [-0.05, 0) is 35.7 Å². The van der Waals surface area contributed by atoms with Gasteiger partial charge < -0.3 is 5.73 Å². The van der Waals surface area contributed by atoms with Gasteiger partial charge in [0.05, 0.1) is 10.0 Å². The summed E-state index contributed by atoms with van der Waals surface area (Å²) < 4.78 is 26.3. The molecule has 0 saturated carbocycles. The predicted molar refractivity (Wildman–Crippen MR) is 73.5 cm³/mol. The van der Waals surface area contributed by atoms with Crippen LogP contribution in [-0.2, 0) is 6.42 Å². The highest BCUT2D eigenvalue weighted by Crippen LogP contribution is 2.28. The average Bonchev–Trinajstić information content (AvgIpc) is 2.33. The van der Waals surface area contributed by atoms with E-state index in [1.54, 1.807) is 18.2 Å². The first-order chi connectivity index (χ1) is 8.97. The lowest BCUT2D eigenvalue weighted by atomic mass is 9.99. The van der Waals surface area contributed by atoms with Gasteiger partial charge in [-0.3, -0.25) is 0 Å². The molecule has 0 amide bonds. The molecule has 0 aliphatic heterocycles. The molecule has 1 nitrogen and oxygen atoms in total. The number of halogens is 4. The zero-order valence-corrected chi connectivity index (χ0v) is 11.3. The van der Waals surface area contributed by atoms with E-state index in [1.165, 1.54) is 12.1 Å². The summed E-state index contributed by atoms with van der Waals surface area (Å²) >= 11 is 12.0. The molecule has 2 aromatic rings. The van der Waals surface area contributed by atoms with Crippen LogP contribution in [0.15, 0.2) is 36.4 Å². The van der Waals surface area contributed by atoms with Crippen LogP contribution in [0.25, 0.3) is 0 Å². The van der Waals surface area contributed by atoms with Crippen molar-refractivity contribution in [2.45, 2.75) is 12.5 Å². The Kier molecular flexibility index (Phi) is 4.40. The summed E-state index contributed by atoms with van der Waals surface area (Å²) in [5.74, 6) is -1.30. The van der Waals surface area contributed by atoms with Gasteiger partial charge in [-0.25, -0.2) is 8.78 Å². The van der Waals surface area contributed by atoms with Crippen LogP contribution in [0.1, 0.15) is 17.2 Å². The van der Waals surface area contributed by atoms with Gasteiger partial charge in [-0.1, -0.05) is 35.3 Å². The van der Waals surface area contributed by atoms with Gasteiger partial charge in [0.1, 0.15) is 11.6 Å². The lowest BCUT2D eigenvalue weighted by Gasteiger charge is -2.14.